The minimum atomic E-state index is -0.527. The molecule has 1 heterocycles. The number of Topliss-reactive ketones (excluding diaryl/α,β-unsaturated/α-hetero) is 1. The van der Waals surface area contributed by atoms with Crippen molar-refractivity contribution in [1.29, 1.82) is 0 Å². The number of carbonyl (C=O) groups is 1. The highest BCUT2D eigenvalue weighted by Crippen LogP contribution is 2.50. The highest BCUT2D eigenvalue weighted by molar-refractivity contribution is 6.01. The Bertz CT molecular complexity index is 1010. The predicted molar refractivity (Wildman–Crippen MR) is 104 cm³/mol. The van der Waals surface area contributed by atoms with Crippen LogP contribution in [0.5, 0.6) is 11.5 Å². The van der Waals surface area contributed by atoms with E-state index in [1.807, 2.05) is 6.07 Å². The largest absolute Gasteiger partial charge is 0.493 e. The van der Waals surface area contributed by atoms with Gasteiger partial charge in [-0.25, -0.2) is 0 Å². The Morgan fingerprint density at radius 1 is 1.07 bits per heavy atom. The fourth-order valence-electron chi connectivity index (χ4n) is 4.11. The quantitative estimate of drug-likeness (QED) is 0.632. The number of ether oxygens (including phenoxy) is 2. The van der Waals surface area contributed by atoms with Gasteiger partial charge < -0.3 is 14.8 Å². The third-order valence-corrected chi connectivity index (χ3v) is 5.34. The fourth-order valence-corrected chi connectivity index (χ4v) is 4.11. The van der Waals surface area contributed by atoms with E-state index in [2.05, 4.69) is 5.32 Å². The van der Waals surface area contributed by atoms with Crippen LogP contribution >= 0.6 is 0 Å². The van der Waals surface area contributed by atoms with Crippen molar-refractivity contribution in [2.24, 2.45) is 0 Å². The summed E-state index contributed by atoms with van der Waals surface area (Å²) in [6.07, 6.45) is 1.93. The zero-order valence-corrected chi connectivity index (χ0v) is 15.7. The number of nitro groups is 1. The van der Waals surface area contributed by atoms with Crippen LogP contribution in [0, 0.1) is 10.1 Å². The maximum absolute atomic E-state index is 12.9. The number of rotatable bonds is 4. The zero-order valence-electron chi connectivity index (χ0n) is 15.7. The van der Waals surface area contributed by atoms with Crippen molar-refractivity contribution >= 4 is 17.2 Å². The maximum atomic E-state index is 12.9. The van der Waals surface area contributed by atoms with Crippen molar-refractivity contribution in [3.63, 3.8) is 0 Å². The molecule has 4 rings (SSSR count). The van der Waals surface area contributed by atoms with E-state index in [0.29, 0.717) is 29.1 Å². The molecule has 144 valence electrons. The van der Waals surface area contributed by atoms with Gasteiger partial charge in [0.15, 0.2) is 17.3 Å². The van der Waals surface area contributed by atoms with Gasteiger partial charge in [0, 0.05) is 47.0 Å². The van der Waals surface area contributed by atoms with Crippen LogP contribution in [0.25, 0.3) is 0 Å². The average Bonchev–Trinajstić information content (AvgIpc) is 2.71. The molecule has 0 bridgehead atoms. The monoisotopic (exact) mass is 380 g/mol. The van der Waals surface area contributed by atoms with Gasteiger partial charge in [-0.1, -0.05) is 18.2 Å². The third kappa shape index (κ3) is 2.79. The number of benzene rings is 2. The molecule has 1 atom stereocenters. The Hall–Kier alpha value is -3.35. The van der Waals surface area contributed by atoms with E-state index in [-0.39, 0.29) is 11.5 Å². The van der Waals surface area contributed by atoms with Gasteiger partial charge >= 0.3 is 0 Å². The smallest absolute Gasteiger partial charge is 0.273 e. The molecule has 0 radical (unpaired) electrons. The Morgan fingerprint density at radius 3 is 2.50 bits per heavy atom. The van der Waals surface area contributed by atoms with E-state index < -0.39 is 10.8 Å². The third-order valence-electron chi connectivity index (χ3n) is 5.34. The highest BCUT2D eigenvalue weighted by Gasteiger charge is 2.38. The molecule has 0 amide bonds. The van der Waals surface area contributed by atoms with E-state index >= 15 is 0 Å². The van der Waals surface area contributed by atoms with Gasteiger partial charge in [-0.2, -0.15) is 0 Å². The normalized spacial score (nSPS) is 18.1. The lowest BCUT2D eigenvalue weighted by molar-refractivity contribution is -0.385. The van der Waals surface area contributed by atoms with Crippen LogP contribution in [0.15, 0.2) is 47.7 Å². The van der Waals surface area contributed by atoms with E-state index in [1.54, 1.807) is 31.4 Å². The molecule has 2 aliphatic rings. The number of nitrogens with one attached hydrogen (secondary N) is 1. The first-order chi connectivity index (χ1) is 13.5. The summed E-state index contributed by atoms with van der Waals surface area (Å²) in [6, 6.07) is 10.2. The van der Waals surface area contributed by atoms with E-state index in [0.717, 1.165) is 29.8 Å². The summed E-state index contributed by atoms with van der Waals surface area (Å²) in [4.78, 5) is 24.1. The minimum Gasteiger partial charge on any atom is -0.493 e. The Kier molecular flexibility index (Phi) is 4.50. The van der Waals surface area contributed by atoms with Crippen molar-refractivity contribution in [3.8, 4) is 11.5 Å². The summed E-state index contributed by atoms with van der Waals surface area (Å²) in [6.45, 7) is 0. The first-order valence-corrected chi connectivity index (χ1v) is 9.07. The lowest BCUT2D eigenvalue weighted by Gasteiger charge is -2.34. The molecule has 28 heavy (non-hydrogen) atoms. The van der Waals surface area contributed by atoms with Crippen molar-refractivity contribution in [3.05, 3.63) is 68.9 Å². The molecule has 0 saturated carbocycles. The van der Waals surface area contributed by atoms with Crippen molar-refractivity contribution in [2.75, 3.05) is 19.5 Å². The first kappa shape index (κ1) is 18.0. The molecule has 1 aliphatic carbocycles. The molecule has 0 aromatic heterocycles. The van der Waals surface area contributed by atoms with Gasteiger partial charge in [0.25, 0.3) is 5.69 Å². The topological polar surface area (TPSA) is 90.7 Å². The second-order valence-electron chi connectivity index (χ2n) is 6.84. The van der Waals surface area contributed by atoms with Gasteiger partial charge in [-0.05, 0) is 24.5 Å². The molecule has 1 N–H and O–H groups in total. The zero-order chi connectivity index (χ0) is 19.8. The number of hydrogen-bond donors (Lipinski definition) is 1. The molecule has 2 aromatic rings. The van der Waals surface area contributed by atoms with Crippen LogP contribution in [0.3, 0.4) is 0 Å². The molecule has 0 fully saturated rings. The molecule has 0 spiro atoms. The molecule has 1 unspecified atom stereocenters. The van der Waals surface area contributed by atoms with Crippen molar-refractivity contribution < 1.29 is 19.2 Å². The van der Waals surface area contributed by atoms with Crippen molar-refractivity contribution in [1.82, 2.24) is 0 Å². The number of allylic oxidation sites excluding steroid dienone is 2. The summed E-state index contributed by atoms with van der Waals surface area (Å²) < 4.78 is 10.8. The number of para-hydroxylation sites is 1. The predicted octanol–water partition coefficient (Wildman–Crippen LogP) is 4.18. The summed E-state index contributed by atoms with van der Waals surface area (Å²) in [5.41, 5.74) is 3.49. The highest BCUT2D eigenvalue weighted by atomic mass is 16.6. The fraction of sp³-hybridized carbons (Fsp3) is 0.286. The van der Waals surface area contributed by atoms with E-state index in [1.165, 1.54) is 13.2 Å². The SMILES string of the molecule is COc1cc2c(cc1OC)C(c1ccccc1[N+](=O)[O-])C1=C(CCCC1=O)N2. The summed E-state index contributed by atoms with van der Waals surface area (Å²) >= 11 is 0. The van der Waals surface area contributed by atoms with Gasteiger partial charge in [0.2, 0.25) is 0 Å². The van der Waals surface area contributed by atoms with Gasteiger partial charge in [0.05, 0.1) is 19.1 Å². The lowest BCUT2D eigenvalue weighted by Crippen LogP contribution is -2.27. The van der Waals surface area contributed by atoms with Crippen LogP contribution in [-0.4, -0.2) is 24.9 Å². The standard InChI is InChI=1S/C21H20N2O5/c1-27-18-10-13-15(11-19(18)28-2)22-14-7-5-9-17(24)21(14)20(13)12-6-3-4-8-16(12)23(25)26/h3-4,6,8,10-11,20,22H,5,7,9H2,1-2H3. The number of methoxy groups -OCH3 is 2. The summed E-state index contributed by atoms with van der Waals surface area (Å²) in [5.74, 6) is 0.568. The minimum absolute atomic E-state index is 0.000332. The molecular weight excluding hydrogens is 360 g/mol. The van der Waals surface area contributed by atoms with Crippen molar-refractivity contribution in [2.45, 2.75) is 25.2 Å². The van der Waals surface area contributed by atoms with Crippen LogP contribution in [-0.2, 0) is 4.79 Å². The number of anilines is 1. The Labute approximate surface area is 162 Å². The van der Waals surface area contributed by atoms with Crippen LogP contribution in [0.4, 0.5) is 11.4 Å². The second-order valence-corrected chi connectivity index (χ2v) is 6.84. The van der Waals surface area contributed by atoms with Gasteiger partial charge in [0.1, 0.15) is 0 Å². The van der Waals surface area contributed by atoms with Crippen LogP contribution in [0.2, 0.25) is 0 Å². The second kappa shape index (κ2) is 6.99. The van der Waals surface area contributed by atoms with Crippen LogP contribution in [0.1, 0.15) is 36.3 Å². The number of fused-ring (bicyclic) bond motifs is 1. The van der Waals surface area contributed by atoms with Gasteiger partial charge in [-0.15, -0.1) is 0 Å². The number of carbonyl (C=O) groups excluding carboxylic acids is 1. The lowest BCUT2D eigenvalue weighted by atomic mass is 9.75. The molecule has 0 saturated heterocycles. The number of ketones is 1. The molecule has 7 heteroatoms. The van der Waals surface area contributed by atoms with E-state index in [4.69, 9.17) is 9.47 Å². The van der Waals surface area contributed by atoms with Crippen LogP contribution < -0.4 is 14.8 Å². The summed E-state index contributed by atoms with van der Waals surface area (Å²) in [7, 11) is 3.10. The number of nitrogens with zero attached hydrogens (tertiary/aromatic N) is 1. The molecular formula is C21H20N2O5. The average molecular weight is 380 g/mol. The molecule has 7 nitrogen and oxygen atoms in total. The summed E-state index contributed by atoms with van der Waals surface area (Å²) in [5, 5.41) is 15.0. The van der Waals surface area contributed by atoms with Gasteiger partial charge in [-0.3, -0.25) is 14.9 Å². The number of hydrogen-bond acceptors (Lipinski definition) is 6. The molecule has 1 aliphatic heterocycles. The Balaban J connectivity index is 2.01. The molecule has 2 aromatic carbocycles. The maximum Gasteiger partial charge on any atom is 0.273 e. The first-order valence-electron chi connectivity index (χ1n) is 9.07. The Morgan fingerprint density at radius 2 is 1.79 bits per heavy atom. The van der Waals surface area contributed by atoms with E-state index in [9.17, 15) is 14.9 Å². The number of nitro benzene ring substituents is 1.